The van der Waals surface area contributed by atoms with E-state index in [0.717, 1.165) is 10.9 Å². The number of esters is 1. The van der Waals surface area contributed by atoms with Crippen molar-refractivity contribution < 1.29 is 80.6 Å². The number of rotatable bonds is 23. The van der Waals surface area contributed by atoms with Gasteiger partial charge in [0.25, 0.3) is 0 Å². The van der Waals surface area contributed by atoms with E-state index in [1.165, 1.54) is 44.7 Å². The molecule has 2 fully saturated rings. The van der Waals surface area contributed by atoms with Gasteiger partial charge in [-0.1, -0.05) is 51.0 Å². The van der Waals surface area contributed by atoms with Crippen LogP contribution in [0, 0.1) is 0 Å². The number of ether oxygens (including phenoxy) is 5. The zero-order valence-electron chi connectivity index (χ0n) is 39.7. The summed E-state index contributed by atoms with van der Waals surface area (Å²) in [5.74, 6) is -1.29. The van der Waals surface area contributed by atoms with Crippen molar-refractivity contribution in [3.63, 3.8) is 0 Å². The van der Waals surface area contributed by atoms with E-state index >= 15 is 0 Å². The number of nitrogens with zero attached hydrogens (tertiary/aromatic N) is 9. The number of phosphoric acid groups is 2. The molecule has 2 aliphatic rings. The third kappa shape index (κ3) is 16.2. The average Bonchev–Trinajstić information content (AvgIpc) is 4.02. The summed E-state index contributed by atoms with van der Waals surface area (Å²) >= 11 is 0. The number of hydrogen-bond donors (Lipinski definition) is 8. The fraction of sp³-hybridized carbons (Fsp3) is 0.538. The summed E-state index contributed by atoms with van der Waals surface area (Å²) in [6, 6.07) is 6.29. The third-order valence-corrected chi connectivity index (χ3v) is 14.4. The van der Waals surface area contributed by atoms with E-state index in [1.807, 2.05) is 0 Å². The predicted molar refractivity (Wildman–Crippen MR) is 260 cm³/mol. The monoisotopic (exact) mass is 1120 g/mol. The second-order valence-corrected chi connectivity index (χ2v) is 22.5. The van der Waals surface area contributed by atoms with Crippen molar-refractivity contribution in [1.82, 2.24) is 39.7 Å². The second-order valence-electron chi connectivity index (χ2n) is 17.1. The summed E-state index contributed by atoms with van der Waals surface area (Å²) in [6.07, 6.45) is -7.85. The van der Waals surface area contributed by atoms with Crippen molar-refractivity contribution >= 4 is 83.9 Å². The number of aromatic nitrogens is 6. The number of aliphatic hydroxyl groups excluding tert-OH is 1. The van der Waals surface area contributed by atoms with Crippen LogP contribution in [0.3, 0.4) is 0 Å². The molecule has 35 heteroatoms. The van der Waals surface area contributed by atoms with E-state index < -0.39 is 113 Å². The van der Waals surface area contributed by atoms with Crippen LogP contribution in [-0.2, 0) is 57.8 Å². The number of nitrogens with one attached hydrogen (secondary N) is 2. The maximum Gasteiger partial charge on any atom is 0.472 e. The molecule has 404 valence electrons. The van der Waals surface area contributed by atoms with E-state index in [9.17, 15) is 48.1 Å². The number of anilines is 2. The molecule has 74 heavy (non-hydrogen) atoms. The molecule has 0 saturated carbocycles. The Kier molecular flexibility index (Phi) is 19.7. The number of amides is 2. The highest BCUT2D eigenvalue weighted by Gasteiger charge is 2.50. The lowest BCUT2D eigenvalue weighted by Gasteiger charge is -2.27. The fourth-order valence-corrected chi connectivity index (χ4v) is 10.6. The summed E-state index contributed by atoms with van der Waals surface area (Å²) in [7, 11) is -7.74. The number of benzene rings is 1. The lowest BCUT2D eigenvalue weighted by molar-refractivity contribution is -0.159. The van der Waals surface area contributed by atoms with Crippen LogP contribution in [0.5, 0.6) is 0 Å². The van der Waals surface area contributed by atoms with Gasteiger partial charge in [0.2, 0.25) is 0 Å². The molecule has 0 aliphatic carbocycles. The molecule has 3 unspecified atom stereocenters. The molecule has 2 saturated heterocycles. The molecule has 10 atom stereocenters. The first-order chi connectivity index (χ1) is 34.9. The third-order valence-electron chi connectivity index (χ3n) is 10.6. The highest BCUT2D eigenvalue weighted by molar-refractivity contribution is 8.76. The summed E-state index contributed by atoms with van der Waals surface area (Å²) in [6.45, 7) is 2.75. The van der Waals surface area contributed by atoms with Crippen molar-refractivity contribution in [3.05, 3.63) is 75.7 Å². The van der Waals surface area contributed by atoms with Crippen LogP contribution in [0.2, 0.25) is 0 Å². The molecule has 2 aliphatic heterocycles. The Bertz CT molecular complexity index is 2830. The SMILES string of the molecule is CSSC(CCC(NC(=O)OC(C)(C)C)C(=O)O[C@H]1[C@@H](O)[C@H](n2cnc3c(N)ncnc32)O[C@@H]1COP(=O)(O)O[C@H]1C[C@H](n2ccc(N)nc2=O)O[C@@H]1COP(=O)(O)O)CNC(=O)OCc1ccccc1N=[N+]=[N-]. The van der Waals surface area contributed by atoms with E-state index in [-0.39, 0.29) is 60.9 Å². The molecule has 2 amide bonds. The highest BCUT2D eigenvalue weighted by Crippen LogP contribution is 2.50. The van der Waals surface area contributed by atoms with Gasteiger partial charge in [-0.3, -0.25) is 22.7 Å². The molecular formula is C39H53N13O18P2S2. The van der Waals surface area contributed by atoms with Crippen molar-refractivity contribution in [2.75, 3.05) is 37.5 Å². The van der Waals surface area contributed by atoms with Crippen LogP contribution in [0.15, 0.2) is 59.1 Å². The smallest absolute Gasteiger partial charge is 0.455 e. The number of fused-ring (bicyclic) bond motifs is 1. The first-order valence-corrected chi connectivity index (χ1v) is 27.6. The number of phosphoric ester groups is 2. The maximum absolute atomic E-state index is 14.3. The van der Waals surface area contributed by atoms with Gasteiger partial charge in [0.05, 0.1) is 19.5 Å². The lowest BCUT2D eigenvalue weighted by atomic mass is 10.1. The molecule has 4 aromatic rings. The number of aliphatic hydroxyl groups is 1. The average molecular weight is 1120 g/mol. The number of imidazole rings is 1. The topological polar surface area (TPSA) is 443 Å². The summed E-state index contributed by atoms with van der Waals surface area (Å²) < 4.78 is 71.4. The number of azide groups is 1. The molecule has 0 radical (unpaired) electrons. The van der Waals surface area contributed by atoms with Gasteiger partial charge in [-0.05, 0) is 57.0 Å². The second kappa shape index (κ2) is 25.3. The van der Waals surface area contributed by atoms with Gasteiger partial charge in [0.15, 0.2) is 23.8 Å². The molecule has 10 N–H and O–H groups in total. The van der Waals surface area contributed by atoms with Crippen molar-refractivity contribution in [3.8, 4) is 0 Å². The maximum atomic E-state index is 14.3. The number of alkyl carbamates (subject to hydrolysis) is 2. The molecule has 5 heterocycles. The Morgan fingerprint density at radius 3 is 2.47 bits per heavy atom. The summed E-state index contributed by atoms with van der Waals surface area (Å²) in [5.41, 5.74) is 19.5. The van der Waals surface area contributed by atoms with E-state index in [1.54, 1.807) is 51.3 Å². The largest absolute Gasteiger partial charge is 0.472 e. The zero-order chi connectivity index (χ0) is 54.0. The van der Waals surface area contributed by atoms with Gasteiger partial charge < -0.3 is 65.6 Å². The van der Waals surface area contributed by atoms with Crippen LogP contribution in [-0.4, -0.2) is 140 Å². The number of nitrogens with two attached hydrogens (primary N) is 2. The van der Waals surface area contributed by atoms with Crippen molar-refractivity contribution in [2.24, 2.45) is 5.11 Å². The minimum absolute atomic E-state index is 0.0191. The van der Waals surface area contributed by atoms with Gasteiger partial charge in [0, 0.05) is 35.0 Å². The lowest BCUT2D eigenvalue weighted by Crippen LogP contribution is -2.48. The fourth-order valence-electron chi connectivity index (χ4n) is 7.36. The van der Waals surface area contributed by atoms with E-state index in [2.05, 4.69) is 45.1 Å². The number of hydrogen-bond acceptors (Lipinski definition) is 24. The molecule has 31 nitrogen and oxygen atoms in total. The summed E-state index contributed by atoms with van der Waals surface area (Å²) in [5, 5.41) is 20.2. The Hall–Kier alpha value is -5.63. The summed E-state index contributed by atoms with van der Waals surface area (Å²) in [4.78, 5) is 101. The molecule has 3 aromatic heterocycles. The normalized spacial score (nSPS) is 22.5. The van der Waals surface area contributed by atoms with Gasteiger partial charge >= 0.3 is 39.5 Å². The van der Waals surface area contributed by atoms with Crippen LogP contribution < -0.4 is 27.8 Å². The standard InChI is InChI=1S/C39H53N13O18P2S2/c1-39(2,3)69-38(57)47-23(10-9-21(74-73-4)14-43-37(56)63-15-20-7-5-6-8-22(20)49-50-42)35(54)68-31-26(67-34(30(31)53)52-19-46-29-32(41)44-18-45-33(29)52)17-65-72(61,62)70-24-13-28(51-12-11-27(40)48-36(51)55)66-25(24)16-64-71(58,59)60/h5-8,11-12,18-19,21,23-26,28,30-31,34,53H,9-10,13-17H2,1-4H3,(H,43,56)(H,47,57)(H,61,62)(H2,40,48,55)(H2,41,44,45)(H2,58,59,60)/t21?,23?,24-,25+,26+,28+,30+,31+,34+/m0/s1. The minimum Gasteiger partial charge on any atom is -0.455 e. The number of carbonyl (C=O) groups excluding carboxylic acids is 3. The Morgan fingerprint density at radius 2 is 1.77 bits per heavy atom. The van der Waals surface area contributed by atoms with Crippen molar-refractivity contribution in [1.29, 1.82) is 0 Å². The van der Waals surface area contributed by atoms with Gasteiger partial charge in [-0.2, -0.15) is 4.98 Å². The first-order valence-electron chi connectivity index (χ1n) is 22.0. The molecular weight excluding hydrogens is 1060 g/mol. The number of nitrogen functional groups attached to an aromatic ring is 2. The van der Waals surface area contributed by atoms with E-state index in [4.69, 9.17) is 49.7 Å². The van der Waals surface area contributed by atoms with Gasteiger partial charge in [0.1, 0.15) is 66.6 Å². The van der Waals surface area contributed by atoms with Gasteiger partial charge in [-0.15, -0.1) is 0 Å². The Balaban J connectivity index is 1.20. The molecule has 0 bridgehead atoms. The molecule has 0 spiro atoms. The van der Waals surface area contributed by atoms with E-state index in [0.29, 0.717) is 5.56 Å². The first kappa shape index (κ1) is 57.6. The quantitative estimate of drug-likeness (QED) is 0.0100. The van der Waals surface area contributed by atoms with Crippen molar-refractivity contribution in [2.45, 2.75) is 107 Å². The van der Waals surface area contributed by atoms with Gasteiger partial charge in [-0.25, -0.2) is 43.3 Å². The highest BCUT2D eigenvalue weighted by atomic mass is 33.1. The van der Waals surface area contributed by atoms with Crippen LogP contribution in [0.25, 0.3) is 21.6 Å². The predicted octanol–water partition coefficient (Wildman–Crippen LogP) is 3.24. The van der Waals surface area contributed by atoms with Crippen LogP contribution in [0.1, 0.15) is 58.1 Å². The number of carbonyl (C=O) groups is 3. The minimum atomic E-state index is -5.31. The Labute approximate surface area is 427 Å². The van der Waals surface area contributed by atoms with Crippen LogP contribution in [0.4, 0.5) is 26.9 Å². The zero-order valence-corrected chi connectivity index (χ0v) is 43.1. The molecule has 6 rings (SSSR count). The Morgan fingerprint density at radius 1 is 1.03 bits per heavy atom. The molecule has 1 aromatic carbocycles. The van der Waals surface area contributed by atoms with Crippen LogP contribution >= 0.6 is 37.2 Å².